The second-order valence-corrected chi connectivity index (χ2v) is 5.88. The lowest BCUT2D eigenvalue weighted by molar-refractivity contribution is -0.144. The van der Waals surface area contributed by atoms with Crippen LogP contribution in [0.3, 0.4) is 0 Å². The van der Waals surface area contributed by atoms with Crippen molar-refractivity contribution < 1.29 is 14.7 Å². The smallest absolute Gasteiger partial charge is 0.156 e. The quantitative estimate of drug-likeness (QED) is 0.601. The molecule has 98 valence electrons. The van der Waals surface area contributed by atoms with Crippen molar-refractivity contribution in [3.05, 3.63) is 23.8 Å². The van der Waals surface area contributed by atoms with Crippen LogP contribution in [0.4, 0.5) is 0 Å². The first-order chi connectivity index (χ1) is 8.40. The normalized spacial score (nSPS) is 43.9. The Labute approximate surface area is 108 Å². The molecule has 3 heteroatoms. The summed E-state index contributed by atoms with van der Waals surface area (Å²) in [4.78, 5) is 22.5. The van der Waals surface area contributed by atoms with Crippen molar-refractivity contribution >= 4 is 12.6 Å². The standard InChI is InChI=1S/C15H20O3/c1-10-6-7-14(3)13(11(10)2)5-4-12(8-16)15(14,18)9-17/h4,8-10,13,18H,2,5-7H2,1,3H3/t10-,13+,14-,15+/m0/s1. The minimum atomic E-state index is -1.67. The molecule has 0 bridgehead atoms. The highest BCUT2D eigenvalue weighted by Crippen LogP contribution is 2.56. The number of hydrogen-bond donors (Lipinski definition) is 1. The Hall–Kier alpha value is -1.22. The van der Waals surface area contributed by atoms with Crippen LogP contribution >= 0.6 is 0 Å². The molecule has 2 rings (SSSR count). The van der Waals surface area contributed by atoms with Crippen molar-refractivity contribution in [2.24, 2.45) is 17.3 Å². The molecular formula is C15H20O3. The van der Waals surface area contributed by atoms with Gasteiger partial charge in [-0.3, -0.25) is 9.59 Å². The van der Waals surface area contributed by atoms with Gasteiger partial charge >= 0.3 is 0 Å². The van der Waals surface area contributed by atoms with Crippen LogP contribution in [-0.2, 0) is 9.59 Å². The van der Waals surface area contributed by atoms with Crippen molar-refractivity contribution in [3.8, 4) is 0 Å². The van der Waals surface area contributed by atoms with Gasteiger partial charge in [-0.2, -0.15) is 0 Å². The molecule has 0 saturated heterocycles. The average molecular weight is 248 g/mol. The third-order valence-electron chi connectivity index (χ3n) is 5.13. The molecule has 2 aliphatic rings. The van der Waals surface area contributed by atoms with Crippen LogP contribution in [0.2, 0.25) is 0 Å². The van der Waals surface area contributed by atoms with Crippen LogP contribution in [0.25, 0.3) is 0 Å². The van der Waals surface area contributed by atoms with Gasteiger partial charge in [0, 0.05) is 11.0 Å². The van der Waals surface area contributed by atoms with Gasteiger partial charge in [0.25, 0.3) is 0 Å². The highest BCUT2D eigenvalue weighted by molar-refractivity contribution is 5.88. The van der Waals surface area contributed by atoms with E-state index < -0.39 is 11.0 Å². The van der Waals surface area contributed by atoms with E-state index in [1.165, 1.54) is 0 Å². The third kappa shape index (κ3) is 1.46. The lowest BCUT2D eigenvalue weighted by atomic mass is 9.51. The number of hydrogen-bond acceptors (Lipinski definition) is 3. The van der Waals surface area contributed by atoms with Crippen molar-refractivity contribution in [2.45, 2.75) is 38.7 Å². The number of fused-ring (bicyclic) bond motifs is 1. The summed E-state index contributed by atoms with van der Waals surface area (Å²) in [7, 11) is 0. The minimum absolute atomic E-state index is 0.0696. The van der Waals surface area contributed by atoms with Crippen LogP contribution in [-0.4, -0.2) is 23.3 Å². The van der Waals surface area contributed by atoms with E-state index in [1.807, 2.05) is 6.92 Å². The van der Waals surface area contributed by atoms with Crippen LogP contribution in [0.5, 0.6) is 0 Å². The summed E-state index contributed by atoms with van der Waals surface area (Å²) in [5.74, 6) is 0.477. The molecule has 1 fully saturated rings. The summed E-state index contributed by atoms with van der Waals surface area (Å²) in [6.45, 7) is 8.16. The number of carbonyl (C=O) groups is 2. The Balaban J connectivity index is 2.55. The number of aldehydes is 2. The first kappa shape index (κ1) is 13.2. The monoisotopic (exact) mass is 248 g/mol. The van der Waals surface area contributed by atoms with E-state index in [4.69, 9.17) is 0 Å². The molecular weight excluding hydrogens is 228 g/mol. The maximum absolute atomic E-state index is 11.4. The van der Waals surface area contributed by atoms with Gasteiger partial charge in [-0.1, -0.05) is 32.1 Å². The molecule has 0 heterocycles. The Morgan fingerprint density at radius 3 is 2.72 bits per heavy atom. The molecule has 1 N–H and O–H groups in total. The fourth-order valence-electron chi connectivity index (χ4n) is 3.57. The largest absolute Gasteiger partial charge is 0.377 e. The zero-order chi connectivity index (χ0) is 13.6. The fourth-order valence-corrected chi connectivity index (χ4v) is 3.57. The van der Waals surface area contributed by atoms with Crippen molar-refractivity contribution in [3.63, 3.8) is 0 Å². The van der Waals surface area contributed by atoms with E-state index in [0.29, 0.717) is 24.9 Å². The van der Waals surface area contributed by atoms with Gasteiger partial charge in [0.2, 0.25) is 0 Å². The van der Waals surface area contributed by atoms with Crippen molar-refractivity contribution in [1.29, 1.82) is 0 Å². The highest BCUT2D eigenvalue weighted by atomic mass is 16.3. The van der Waals surface area contributed by atoms with Crippen LogP contribution in [0.15, 0.2) is 23.8 Å². The van der Waals surface area contributed by atoms with Gasteiger partial charge in [-0.05, 0) is 31.1 Å². The molecule has 0 unspecified atom stereocenters. The summed E-state index contributed by atoms with van der Waals surface area (Å²) in [5.41, 5.74) is -0.979. The Kier molecular flexibility index (Phi) is 3.06. The first-order valence-electron chi connectivity index (χ1n) is 6.44. The molecule has 2 aliphatic carbocycles. The Bertz CT molecular complexity index is 437. The number of carbonyl (C=O) groups excluding carboxylic acids is 2. The van der Waals surface area contributed by atoms with Gasteiger partial charge in [0.1, 0.15) is 6.29 Å². The second-order valence-electron chi connectivity index (χ2n) is 5.88. The lowest BCUT2D eigenvalue weighted by Gasteiger charge is -2.54. The van der Waals surface area contributed by atoms with Crippen LogP contribution in [0.1, 0.15) is 33.1 Å². The topological polar surface area (TPSA) is 54.4 Å². The van der Waals surface area contributed by atoms with Crippen LogP contribution in [0, 0.1) is 17.3 Å². The van der Waals surface area contributed by atoms with Crippen LogP contribution < -0.4 is 0 Å². The predicted molar refractivity (Wildman–Crippen MR) is 68.9 cm³/mol. The molecule has 4 atom stereocenters. The first-order valence-corrected chi connectivity index (χ1v) is 6.44. The Morgan fingerprint density at radius 1 is 1.50 bits per heavy atom. The molecule has 0 aromatic rings. The predicted octanol–water partition coefficient (Wildman–Crippen LogP) is 2.05. The summed E-state index contributed by atoms with van der Waals surface area (Å²) in [6.07, 6.45) is 5.15. The van der Waals surface area contributed by atoms with Gasteiger partial charge in [0.05, 0.1) is 0 Å². The lowest BCUT2D eigenvalue weighted by Crippen LogP contribution is -2.58. The zero-order valence-corrected chi connectivity index (χ0v) is 11.0. The van der Waals surface area contributed by atoms with Gasteiger partial charge in [-0.25, -0.2) is 0 Å². The van der Waals surface area contributed by atoms with E-state index in [9.17, 15) is 14.7 Å². The molecule has 3 nitrogen and oxygen atoms in total. The van der Waals surface area contributed by atoms with E-state index in [1.54, 1.807) is 6.08 Å². The molecule has 18 heavy (non-hydrogen) atoms. The minimum Gasteiger partial charge on any atom is -0.377 e. The van der Waals surface area contributed by atoms with E-state index in [2.05, 4.69) is 13.5 Å². The third-order valence-corrected chi connectivity index (χ3v) is 5.13. The molecule has 0 radical (unpaired) electrons. The SMILES string of the molecule is C=C1[C@H]2CC=C(C=O)[C@](O)(C=O)[C@@]2(C)CC[C@@H]1C. The number of aliphatic hydroxyl groups is 1. The Morgan fingerprint density at radius 2 is 2.17 bits per heavy atom. The van der Waals surface area contributed by atoms with E-state index in [0.717, 1.165) is 18.4 Å². The molecule has 0 aromatic carbocycles. The number of rotatable bonds is 2. The zero-order valence-electron chi connectivity index (χ0n) is 11.0. The average Bonchev–Trinajstić information content (AvgIpc) is 2.37. The van der Waals surface area contributed by atoms with E-state index in [-0.39, 0.29) is 11.5 Å². The maximum Gasteiger partial charge on any atom is 0.156 e. The molecule has 0 aromatic heterocycles. The van der Waals surface area contributed by atoms with Gasteiger partial charge in [-0.15, -0.1) is 0 Å². The second kappa shape index (κ2) is 4.16. The van der Waals surface area contributed by atoms with E-state index >= 15 is 0 Å². The van der Waals surface area contributed by atoms with Crippen molar-refractivity contribution in [2.75, 3.05) is 0 Å². The maximum atomic E-state index is 11.4. The molecule has 0 spiro atoms. The number of allylic oxidation sites excluding steroid dienone is 2. The van der Waals surface area contributed by atoms with Gasteiger partial charge in [0.15, 0.2) is 11.9 Å². The van der Waals surface area contributed by atoms with Gasteiger partial charge < -0.3 is 5.11 Å². The summed E-state index contributed by atoms with van der Waals surface area (Å²) in [6, 6.07) is 0. The molecule has 0 amide bonds. The highest BCUT2D eigenvalue weighted by Gasteiger charge is 2.58. The molecule has 0 aliphatic heterocycles. The molecule has 1 saturated carbocycles. The fraction of sp³-hybridized carbons (Fsp3) is 0.600. The summed E-state index contributed by atoms with van der Waals surface area (Å²) < 4.78 is 0. The summed E-state index contributed by atoms with van der Waals surface area (Å²) >= 11 is 0. The van der Waals surface area contributed by atoms with Crippen molar-refractivity contribution in [1.82, 2.24) is 0 Å². The summed E-state index contributed by atoms with van der Waals surface area (Å²) in [5, 5.41) is 10.7.